The minimum atomic E-state index is -4.62. The molecule has 1 saturated carbocycles. The highest BCUT2D eigenvalue weighted by Crippen LogP contribution is 2.51. The van der Waals surface area contributed by atoms with E-state index in [2.05, 4.69) is 13.2 Å². The summed E-state index contributed by atoms with van der Waals surface area (Å²) in [6.45, 7) is 6.65. The minimum absolute atomic E-state index is 0.302. The number of aliphatic hydroxyl groups is 1. The van der Waals surface area contributed by atoms with Crippen LogP contribution in [0.3, 0.4) is 0 Å². The van der Waals surface area contributed by atoms with Crippen LogP contribution in [0.4, 0.5) is 13.2 Å². The minimum Gasteiger partial charge on any atom is -0.379 e. The number of alkyl halides is 3. The average Bonchev–Trinajstić information content (AvgIpc) is 2.42. The Labute approximate surface area is 80.9 Å². The average molecular weight is 206 g/mol. The van der Waals surface area contributed by atoms with Gasteiger partial charge in [0, 0.05) is 11.8 Å². The lowest BCUT2D eigenvalue weighted by molar-refractivity contribution is -0.277. The van der Waals surface area contributed by atoms with Crippen molar-refractivity contribution in [2.75, 3.05) is 0 Å². The van der Waals surface area contributed by atoms with E-state index in [4.69, 9.17) is 0 Å². The molecule has 0 radical (unpaired) electrons. The van der Waals surface area contributed by atoms with Crippen LogP contribution in [0.25, 0.3) is 0 Å². The molecule has 2 atom stereocenters. The zero-order valence-electron chi connectivity index (χ0n) is 7.72. The van der Waals surface area contributed by atoms with Crippen molar-refractivity contribution >= 4 is 0 Å². The summed E-state index contributed by atoms with van der Waals surface area (Å²) in [6, 6.07) is 0. The van der Waals surface area contributed by atoms with Gasteiger partial charge in [-0.05, 0) is 12.8 Å². The van der Waals surface area contributed by atoms with Gasteiger partial charge in [-0.15, -0.1) is 13.2 Å². The molecule has 1 fully saturated rings. The molecule has 0 unspecified atom stereocenters. The van der Waals surface area contributed by atoms with Gasteiger partial charge in [0.1, 0.15) is 0 Å². The van der Waals surface area contributed by atoms with Crippen LogP contribution < -0.4 is 0 Å². The maximum absolute atomic E-state index is 12.7. The van der Waals surface area contributed by atoms with E-state index >= 15 is 0 Å². The molecule has 0 aromatic rings. The Morgan fingerprint density at radius 2 is 1.50 bits per heavy atom. The lowest BCUT2D eigenvalue weighted by atomic mass is 9.83. The van der Waals surface area contributed by atoms with Crippen LogP contribution in [0.15, 0.2) is 25.3 Å². The Morgan fingerprint density at radius 3 is 1.71 bits per heavy atom. The molecule has 0 heterocycles. The standard InChI is InChI=1S/C10H13F3O/c1-3-7-5-6-8(4-2)9(7,14)10(11,12)13/h3-4,7-8,14H,1-2,5-6H2/t7-,8-/m0/s1. The summed E-state index contributed by atoms with van der Waals surface area (Å²) in [5.41, 5.74) is -2.67. The van der Waals surface area contributed by atoms with Crippen molar-refractivity contribution in [1.82, 2.24) is 0 Å². The van der Waals surface area contributed by atoms with Gasteiger partial charge in [0.25, 0.3) is 0 Å². The topological polar surface area (TPSA) is 20.2 Å². The summed E-state index contributed by atoms with van der Waals surface area (Å²) in [4.78, 5) is 0. The Balaban J connectivity index is 3.10. The largest absolute Gasteiger partial charge is 0.418 e. The van der Waals surface area contributed by atoms with Crippen LogP contribution in [0.2, 0.25) is 0 Å². The number of halogens is 3. The van der Waals surface area contributed by atoms with E-state index in [0.717, 1.165) is 0 Å². The fourth-order valence-corrected chi connectivity index (χ4v) is 2.09. The van der Waals surface area contributed by atoms with Gasteiger partial charge in [0.2, 0.25) is 0 Å². The van der Waals surface area contributed by atoms with Crippen molar-refractivity contribution in [1.29, 1.82) is 0 Å². The molecule has 0 spiro atoms. The van der Waals surface area contributed by atoms with Gasteiger partial charge in [0.05, 0.1) is 0 Å². The zero-order valence-corrected chi connectivity index (χ0v) is 7.72. The van der Waals surface area contributed by atoms with Crippen LogP contribution >= 0.6 is 0 Å². The summed E-state index contributed by atoms with van der Waals surface area (Å²) in [7, 11) is 0. The summed E-state index contributed by atoms with van der Waals surface area (Å²) in [5.74, 6) is -1.85. The lowest BCUT2D eigenvalue weighted by Gasteiger charge is -2.34. The molecule has 1 nitrogen and oxygen atoms in total. The van der Waals surface area contributed by atoms with Crippen molar-refractivity contribution < 1.29 is 18.3 Å². The summed E-state index contributed by atoms with van der Waals surface area (Å²) in [5, 5.41) is 9.68. The molecule has 0 saturated heterocycles. The first-order chi connectivity index (χ1) is 6.37. The van der Waals surface area contributed by atoms with E-state index in [1.165, 1.54) is 12.2 Å². The Bertz CT molecular complexity index is 228. The number of hydrogen-bond acceptors (Lipinski definition) is 1. The highest BCUT2D eigenvalue weighted by Gasteiger charge is 2.63. The fourth-order valence-electron chi connectivity index (χ4n) is 2.09. The third kappa shape index (κ3) is 1.38. The predicted octanol–water partition coefficient (Wildman–Crippen LogP) is 2.68. The lowest BCUT2D eigenvalue weighted by Crippen LogP contribution is -2.51. The molecule has 1 aliphatic rings. The fraction of sp³-hybridized carbons (Fsp3) is 0.600. The summed E-state index contributed by atoms with van der Waals surface area (Å²) >= 11 is 0. The van der Waals surface area contributed by atoms with E-state index in [0.29, 0.717) is 12.8 Å². The SMILES string of the molecule is C=C[C@H]1CC[C@H](C=C)C1(O)C(F)(F)F. The van der Waals surface area contributed by atoms with E-state index in [9.17, 15) is 18.3 Å². The normalized spacial score (nSPS) is 31.4. The molecule has 0 aromatic carbocycles. The van der Waals surface area contributed by atoms with Gasteiger partial charge in [-0.1, -0.05) is 12.2 Å². The number of hydrogen-bond donors (Lipinski definition) is 1. The Kier molecular flexibility index (Phi) is 2.76. The van der Waals surface area contributed by atoms with Crippen LogP contribution in [0.5, 0.6) is 0 Å². The van der Waals surface area contributed by atoms with Crippen LogP contribution in [0, 0.1) is 11.8 Å². The van der Waals surface area contributed by atoms with Crippen molar-refractivity contribution in [3.63, 3.8) is 0 Å². The van der Waals surface area contributed by atoms with E-state index in [1.807, 2.05) is 0 Å². The molecular weight excluding hydrogens is 193 g/mol. The maximum Gasteiger partial charge on any atom is 0.418 e. The van der Waals surface area contributed by atoms with Gasteiger partial charge >= 0.3 is 6.18 Å². The second kappa shape index (κ2) is 3.42. The first-order valence-corrected chi connectivity index (χ1v) is 4.42. The smallest absolute Gasteiger partial charge is 0.379 e. The van der Waals surface area contributed by atoms with Crippen molar-refractivity contribution in [2.24, 2.45) is 11.8 Å². The second-order valence-electron chi connectivity index (χ2n) is 3.58. The number of rotatable bonds is 2. The molecule has 1 N–H and O–H groups in total. The predicted molar refractivity (Wildman–Crippen MR) is 47.6 cm³/mol. The molecule has 0 aliphatic heterocycles. The van der Waals surface area contributed by atoms with Crippen LogP contribution in [0.1, 0.15) is 12.8 Å². The zero-order chi connectivity index (χ0) is 11.0. The molecule has 0 amide bonds. The summed E-state index contributed by atoms with van der Waals surface area (Å²) < 4.78 is 38.0. The maximum atomic E-state index is 12.7. The third-order valence-corrected chi connectivity index (χ3v) is 2.94. The Morgan fingerprint density at radius 1 is 1.14 bits per heavy atom. The van der Waals surface area contributed by atoms with Gasteiger partial charge < -0.3 is 5.11 Å². The molecule has 4 heteroatoms. The van der Waals surface area contributed by atoms with Gasteiger partial charge in [-0.2, -0.15) is 13.2 Å². The first kappa shape index (κ1) is 11.3. The molecule has 0 aromatic heterocycles. The van der Waals surface area contributed by atoms with Crippen molar-refractivity contribution in [3.05, 3.63) is 25.3 Å². The summed E-state index contributed by atoms with van der Waals surface area (Å²) in [6.07, 6.45) is -1.67. The van der Waals surface area contributed by atoms with Crippen molar-refractivity contribution in [3.8, 4) is 0 Å². The molecule has 1 rings (SSSR count). The van der Waals surface area contributed by atoms with E-state index in [-0.39, 0.29) is 0 Å². The quantitative estimate of drug-likeness (QED) is 0.689. The molecule has 80 valence electrons. The molecule has 1 aliphatic carbocycles. The van der Waals surface area contributed by atoms with E-state index < -0.39 is 23.6 Å². The second-order valence-corrected chi connectivity index (χ2v) is 3.58. The van der Waals surface area contributed by atoms with Crippen LogP contribution in [-0.2, 0) is 0 Å². The molecule has 0 bridgehead atoms. The Hall–Kier alpha value is -0.770. The van der Waals surface area contributed by atoms with Gasteiger partial charge in [-0.25, -0.2) is 0 Å². The molecule has 14 heavy (non-hydrogen) atoms. The van der Waals surface area contributed by atoms with Crippen LogP contribution in [-0.4, -0.2) is 16.9 Å². The highest BCUT2D eigenvalue weighted by molar-refractivity contribution is 5.13. The van der Waals surface area contributed by atoms with E-state index in [1.54, 1.807) is 0 Å². The first-order valence-electron chi connectivity index (χ1n) is 4.42. The van der Waals surface area contributed by atoms with Gasteiger partial charge in [0.15, 0.2) is 5.60 Å². The van der Waals surface area contributed by atoms with Crippen molar-refractivity contribution in [2.45, 2.75) is 24.6 Å². The third-order valence-electron chi connectivity index (χ3n) is 2.94. The molecular formula is C10H13F3O. The van der Waals surface area contributed by atoms with Gasteiger partial charge in [-0.3, -0.25) is 0 Å². The monoisotopic (exact) mass is 206 g/mol. The highest BCUT2D eigenvalue weighted by atomic mass is 19.4.